The second kappa shape index (κ2) is 7.21. The molecule has 0 spiro atoms. The number of nitrogens with zero attached hydrogens (tertiary/aromatic N) is 4. The number of aryl methyl sites for hydroxylation is 1. The molecule has 0 bridgehead atoms. The van der Waals surface area contributed by atoms with E-state index in [1.54, 1.807) is 6.07 Å². The SMILES string of the molecule is Cc1cc(C#N)nc(N2CC[C@@H](COCc3ccccc3)C2)n1. The molecule has 0 saturated carbocycles. The molecule has 3 rings (SSSR count). The van der Waals surface area contributed by atoms with Gasteiger partial charge in [-0.15, -0.1) is 0 Å². The van der Waals surface area contributed by atoms with Crippen LogP contribution in [0.1, 0.15) is 23.4 Å². The molecule has 0 aliphatic carbocycles. The van der Waals surface area contributed by atoms with Gasteiger partial charge in [-0.2, -0.15) is 5.26 Å². The van der Waals surface area contributed by atoms with Crippen LogP contribution in [-0.4, -0.2) is 29.7 Å². The van der Waals surface area contributed by atoms with E-state index in [9.17, 15) is 0 Å². The Morgan fingerprint density at radius 3 is 2.91 bits per heavy atom. The first-order valence-corrected chi connectivity index (χ1v) is 7.87. The molecule has 0 amide bonds. The van der Waals surface area contributed by atoms with E-state index in [2.05, 4.69) is 33.1 Å². The van der Waals surface area contributed by atoms with Crippen molar-refractivity contribution in [2.24, 2.45) is 5.92 Å². The van der Waals surface area contributed by atoms with Crippen LogP contribution in [0.25, 0.3) is 0 Å². The van der Waals surface area contributed by atoms with Crippen LogP contribution < -0.4 is 4.90 Å². The van der Waals surface area contributed by atoms with E-state index in [-0.39, 0.29) is 0 Å². The quantitative estimate of drug-likeness (QED) is 0.850. The summed E-state index contributed by atoms with van der Waals surface area (Å²) in [6.07, 6.45) is 1.06. The Hall–Kier alpha value is -2.45. The molecule has 2 heterocycles. The largest absolute Gasteiger partial charge is 0.376 e. The summed E-state index contributed by atoms with van der Waals surface area (Å²) in [4.78, 5) is 10.9. The maximum absolute atomic E-state index is 9.03. The van der Waals surface area contributed by atoms with Gasteiger partial charge < -0.3 is 9.64 Å². The normalized spacial score (nSPS) is 17.2. The average Bonchev–Trinajstić information content (AvgIpc) is 3.04. The molecule has 0 N–H and O–H groups in total. The summed E-state index contributed by atoms with van der Waals surface area (Å²) in [6.45, 7) is 5.07. The van der Waals surface area contributed by atoms with E-state index in [0.717, 1.165) is 31.8 Å². The predicted octanol–water partition coefficient (Wildman–Crippen LogP) is 2.70. The molecule has 0 radical (unpaired) electrons. The molecule has 1 saturated heterocycles. The smallest absolute Gasteiger partial charge is 0.226 e. The van der Waals surface area contributed by atoms with Crippen molar-refractivity contribution in [1.29, 1.82) is 5.26 Å². The zero-order valence-corrected chi connectivity index (χ0v) is 13.3. The third-order valence-corrected chi connectivity index (χ3v) is 3.99. The fraction of sp³-hybridized carbons (Fsp3) is 0.389. The number of ether oxygens (including phenoxy) is 1. The summed E-state index contributed by atoms with van der Waals surface area (Å²) >= 11 is 0. The van der Waals surface area contributed by atoms with E-state index in [1.165, 1.54) is 5.56 Å². The average molecular weight is 308 g/mol. The Morgan fingerprint density at radius 2 is 2.13 bits per heavy atom. The molecule has 5 nitrogen and oxygen atoms in total. The molecule has 1 fully saturated rings. The highest BCUT2D eigenvalue weighted by atomic mass is 16.5. The van der Waals surface area contributed by atoms with Crippen LogP contribution in [0.4, 0.5) is 5.95 Å². The second-order valence-corrected chi connectivity index (χ2v) is 5.91. The van der Waals surface area contributed by atoms with Gasteiger partial charge in [0.15, 0.2) is 0 Å². The fourth-order valence-electron chi connectivity index (χ4n) is 2.82. The first-order valence-electron chi connectivity index (χ1n) is 7.87. The highest BCUT2D eigenvalue weighted by Gasteiger charge is 2.25. The summed E-state index contributed by atoms with van der Waals surface area (Å²) < 4.78 is 5.84. The number of nitriles is 1. The van der Waals surface area contributed by atoms with Crippen LogP contribution in [0.3, 0.4) is 0 Å². The third-order valence-electron chi connectivity index (χ3n) is 3.99. The van der Waals surface area contributed by atoms with E-state index in [1.807, 2.05) is 25.1 Å². The topological polar surface area (TPSA) is 62.0 Å². The van der Waals surface area contributed by atoms with Crippen LogP contribution >= 0.6 is 0 Å². The second-order valence-electron chi connectivity index (χ2n) is 5.91. The first kappa shape index (κ1) is 15.4. The maximum atomic E-state index is 9.03. The predicted molar refractivity (Wildman–Crippen MR) is 87.9 cm³/mol. The molecule has 2 aromatic rings. The highest BCUT2D eigenvalue weighted by molar-refractivity contribution is 5.37. The summed E-state index contributed by atoms with van der Waals surface area (Å²) in [5, 5.41) is 9.03. The highest BCUT2D eigenvalue weighted by Crippen LogP contribution is 2.22. The van der Waals surface area contributed by atoms with Crippen molar-refractivity contribution < 1.29 is 4.74 Å². The van der Waals surface area contributed by atoms with Gasteiger partial charge in [0.25, 0.3) is 0 Å². The van der Waals surface area contributed by atoms with Crippen LogP contribution in [0.2, 0.25) is 0 Å². The molecule has 1 aromatic heterocycles. The Kier molecular flexibility index (Phi) is 4.84. The molecule has 1 aliphatic heterocycles. The third kappa shape index (κ3) is 4.05. The molecular formula is C18H20N4O. The monoisotopic (exact) mass is 308 g/mol. The van der Waals surface area contributed by atoms with Crippen molar-refractivity contribution in [2.75, 3.05) is 24.6 Å². The molecule has 118 valence electrons. The van der Waals surface area contributed by atoms with Gasteiger partial charge in [0.1, 0.15) is 11.8 Å². The number of hydrogen-bond acceptors (Lipinski definition) is 5. The number of benzene rings is 1. The minimum Gasteiger partial charge on any atom is -0.376 e. The summed E-state index contributed by atoms with van der Waals surface area (Å²) in [5.41, 5.74) is 2.45. The minimum absolute atomic E-state index is 0.427. The van der Waals surface area contributed by atoms with Crippen molar-refractivity contribution in [3.05, 3.63) is 53.3 Å². The number of anilines is 1. The van der Waals surface area contributed by atoms with Crippen LogP contribution in [0, 0.1) is 24.2 Å². The van der Waals surface area contributed by atoms with Gasteiger partial charge in [0.05, 0.1) is 13.2 Å². The standard InChI is InChI=1S/C18H20N4O/c1-14-9-17(10-19)21-18(20-14)22-8-7-16(11-22)13-23-12-15-5-3-2-4-6-15/h2-6,9,16H,7-8,11-13H2,1H3/t16-/m1/s1. The lowest BCUT2D eigenvalue weighted by atomic mass is 10.1. The summed E-state index contributed by atoms with van der Waals surface area (Å²) in [6, 6.07) is 14.0. The molecule has 1 aromatic carbocycles. The van der Waals surface area contributed by atoms with Crippen LogP contribution in [-0.2, 0) is 11.3 Å². The van der Waals surface area contributed by atoms with Crippen molar-refractivity contribution in [2.45, 2.75) is 20.0 Å². The Morgan fingerprint density at radius 1 is 1.30 bits per heavy atom. The van der Waals surface area contributed by atoms with Crippen LogP contribution in [0.5, 0.6) is 0 Å². The Balaban J connectivity index is 1.52. The Labute approximate surface area is 136 Å². The first-order chi connectivity index (χ1) is 11.2. The lowest BCUT2D eigenvalue weighted by Crippen LogP contribution is -2.23. The van der Waals surface area contributed by atoms with E-state index in [0.29, 0.717) is 24.2 Å². The van der Waals surface area contributed by atoms with Crippen molar-refractivity contribution >= 4 is 5.95 Å². The van der Waals surface area contributed by atoms with Crippen LogP contribution in [0.15, 0.2) is 36.4 Å². The molecule has 0 unspecified atom stereocenters. The summed E-state index contributed by atoms with van der Waals surface area (Å²) in [7, 11) is 0. The van der Waals surface area contributed by atoms with Crippen molar-refractivity contribution in [3.63, 3.8) is 0 Å². The van der Waals surface area contributed by atoms with E-state index < -0.39 is 0 Å². The molecule has 5 heteroatoms. The van der Waals surface area contributed by atoms with Crippen molar-refractivity contribution in [1.82, 2.24) is 9.97 Å². The number of hydrogen-bond donors (Lipinski definition) is 0. The summed E-state index contributed by atoms with van der Waals surface area (Å²) in [5.74, 6) is 1.14. The number of aromatic nitrogens is 2. The van der Waals surface area contributed by atoms with Gasteiger partial charge in [-0.05, 0) is 25.0 Å². The van der Waals surface area contributed by atoms with Gasteiger partial charge in [0, 0.05) is 24.7 Å². The van der Waals surface area contributed by atoms with Crippen molar-refractivity contribution in [3.8, 4) is 6.07 Å². The molecular weight excluding hydrogens is 288 g/mol. The zero-order chi connectivity index (χ0) is 16.1. The van der Waals surface area contributed by atoms with E-state index in [4.69, 9.17) is 10.00 Å². The number of rotatable bonds is 5. The fourth-order valence-corrected chi connectivity index (χ4v) is 2.82. The van der Waals surface area contributed by atoms with Gasteiger partial charge >= 0.3 is 0 Å². The Bertz CT molecular complexity index is 696. The lowest BCUT2D eigenvalue weighted by molar-refractivity contribution is 0.0929. The van der Waals surface area contributed by atoms with Gasteiger partial charge in [-0.1, -0.05) is 30.3 Å². The minimum atomic E-state index is 0.427. The van der Waals surface area contributed by atoms with Gasteiger partial charge in [0.2, 0.25) is 5.95 Å². The van der Waals surface area contributed by atoms with E-state index >= 15 is 0 Å². The maximum Gasteiger partial charge on any atom is 0.226 e. The molecule has 23 heavy (non-hydrogen) atoms. The van der Waals surface area contributed by atoms with Gasteiger partial charge in [-0.3, -0.25) is 0 Å². The lowest BCUT2D eigenvalue weighted by Gasteiger charge is -2.17. The zero-order valence-electron chi connectivity index (χ0n) is 13.3. The van der Waals surface area contributed by atoms with Gasteiger partial charge in [-0.25, -0.2) is 9.97 Å². The molecule has 1 aliphatic rings. The molecule has 1 atom stereocenters.